The highest BCUT2D eigenvalue weighted by molar-refractivity contribution is 8.16. The Kier molecular flexibility index (Phi) is 8.34. The van der Waals surface area contributed by atoms with Crippen LogP contribution in [0.1, 0.15) is 61.8 Å². The Balaban J connectivity index is 1.57. The largest absolute Gasteiger partial charge is 0.466 e. The summed E-state index contributed by atoms with van der Waals surface area (Å²) >= 11 is 1.51. The number of likely N-dealkylation sites (tertiary alicyclic amines) is 1. The lowest BCUT2D eigenvalue weighted by atomic mass is 9.89. The zero-order valence-corrected chi connectivity index (χ0v) is 22.0. The Morgan fingerprint density at radius 2 is 1.97 bits per heavy atom. The van der Waals surface area contributed by atoms with Gasteiger partial charge in [-0.05, 0) is 62.7 Å². The van der Waals surface area contributed by atoms with Gasteiger partial charge in [0.2, 0.25) is 5.91 Å². The van der Waals surface area contributed by atoms with E-state index < -0.39 is 0 Å². The molecule has 0 spiro atoms. The molecule has 188 valence electrons. The predicted molar refractivity (Wildman–Crippen MR) is 141 cm³/mol. The Morgan fingerprint density at radius 1 is 1.20 bits per heavy atom. The predicted octanol–water partition coefficient (Wildman–Crippen LogP) is 4.43. The fourth-order valence-electron chi connectivity index (χ4n) is 5.10. The van der Waals surface area contributed by atoms with Crippen molar-refractivity contribution in [1.29, 1.82) is 0 Å². The Hall–Kier alpha value is -2.58. The van der Waals surface area contributed by atoms with E-state index in [1.54, 1.807) is 0 Å². The minimum Gasteiger partial charge on any atom is -0.466 e. The van der Waals surface area contributed by atoms with E-state index in [9.17, 15) is 9.59 Å². The first-order valence-electron chi connectivity index (χ1n) is 12.5. The highest BCUT2D eigenvalue weighted by Gasteiger charge is 2.42. The van der Waals surface area contributed by atoms with Gasteiger partial charge in [0.25, 0.3) is 0 Å². The van der Waals surface area contributed by atoms with Crippen LogP contribution in [0.5, 0.6) is 0 Å². The van der Waals surface area contributed by atoms with Crippen LogP contribution in [0.4, 0.5) is 0 Å². The molecule has 7 nitrogen and oxygen atoms in total. The lowest BCUT2D eigenvalue weighted by Gasteiger charge is -2.37. The van der Waals surface area contributed by atoms with Gasteiger partial charge in [-0.25, -0.2) is 9.79 Å². The quantitative estimate of drug-likeness (QED) is 0.537. The molecule has 1 aromatic rings. The summed E-state index contributed by atoms with van der Waals surface area (Å²) in [5.41, 5.74) is 5.41. The van der Waals surface area contributed by atoms with Crippen molar-refractivity contribution in [3.8, 4) is 0 Å². The number of allylic oxidation sites excluding steroid dienone is 1. The van der Waals surface area contributed by atoms with Crippen molar-refractivity contribution in [3.63, 3.8) is 0 Å². The maximum absolute atomic E-state index is 13.0. The van der Waals surface area contributed by atoms with Crippen molar-refractivity contribution in [2.45, 2.75) is 58.9 Å². The summed E-state index contributed by atoms with van der Waals surface area (Å²) in [4.78, 5) is 35.2. The van der Waals surface area contributed by atoms with Crippen LogP contribution in [0, 0.1) is 13.8 Å². The van der Waals surface area contributed by atoms with E-state index in [2.05, 4.69) is 47.2 Å². The van der Waals surface area contributed by atoms with Crippen molar-refractivity contribution in [1.82, 2.24) is 15.1 Å². The highest BCUT2D eigenvalue weighted by Crippen LogP contribution is 2.46. The summed E-state index contributed by atoms with van der Waals surface area (Å²) in [6.07, 6.45) is 4.65. The van der Waals surface area contributed by atoms with Gasteiger partial charge < -0.3 is 19.9 Å². The number of nitrogens with one attached hydrogen (secondary N) is 1. The molecule has 0 unspecified atom stereocenters. The Morgan fingerprint density at radius 3 is 2.66 bits per heavy atom. The maximum atomic E-state index is 13.0. The van der Waals surface area contributed by atoms with Crippen molar-refractivity contribution in [3.05, 3.63) is 57.3 Å². The molecule has 35 heavy (non-hydrogen) atoms. The van der Waals surface area contributed by atoms with Gasteiger partial charge in [0.1, 0.15) is 0 Å². The van der Waals surface area contributed by atoms with Gasteiger partial charge in [0, 0.05) is 18.8 Å². The molecule has 0 aromatic heterocycles. The number of esters is 1. The summed E-state index contributed by atoms with van der Waals surface area (Å²) in [5, 5.41) is 5.88. The zero-order valence-electron chi connectivity index (χ0n) is 21.2. The van der Waals surface area contributed by atoms with Crippen LogP contribution in [0.25, 0.3) is 0 Å². The van der Waals surface area contributed by atoms with Crippen LogP contribution >= 0.6 is 11.8 Å². The molecule has 4 rings (SSSR count). The van der Waals surface area contributed by atoms with Gasteiger partial charge in [-0.15, -0.1) is 0 Å². The molecule has 1 fully saturated rings. The van der Waals surface area contributed by atoms with E-state index in [4.69, 9.17) is 9.73 Å². The Labute approximate surface area is 212 Å². The third kappa shape index (κ3) is 5.64. The number of benzene rings is 1. The number of nitrogens with zero attached hydrogens (tertiary/aromatic N) is 3. The average molecular weight is 497 g/mol. The number of ether oxygens (including phenoxy) is 1. The number of aryl methyl sites for hydroxylation is 2. The van der Waals surface area contributed by atoms with Gasteiger partial charge in [0.05, 0.1) is 30.8 Å². The van der Waals surface area contributed by atoms with E-state index in [0.717, 1.165) is 52.9 Å². The number of hydrogen-bond acceptors (Lipinski definition) is 7. The molecule has 0 aliphatic carbocycles. The molecular weight excluding hydrogens is 460 g/mol. The number of carbonyl (C=O) groups excluding carboxylic acids is 2. The third-order valence-corrected chi connectivity index (χ3v) is 7.78. The molecule has 1 amide bonds. The molecule has 0 saturated carbocycles. The summed E-state index contributed by atoms with van der Waals surface area (Å²) in [5.74, 6) is -0.392. The van der Waals surface area contributed by atoms with Crippen molar-refractivity contribution >= 4 is 28.8 Å². The third-order valence-electron chi connectivity index (χ3n) is 6.89. The first kappa shape index (κ1) is 25.5. The molecule has 3 aliphatic rings. The second kappa shape index (κ2) is 11.4. The number of piperidine rings is 1. The van der Waals surface area contributed by atoms with Crippen LogP contribution in [0.2, 0.25) is 0 Å². The number of aliphatic imine (C=N–C) groups is 1. The minimum atomic E-state index is -0.382. The van der Waals surface area contributed by atoms with Crippen molar-refractivity contribution < 1.29 is 14.3 Å². The van der Waals surface area contributed by atoms with E-state index in [-0.39, 0.29) is 24.3 Å². The average Bonchev–Trinajstić information content (AvgIpc) is 3.25. The van der Waals surface area contributed by atoms with E-state index in [0.29, 0.717) is 18.5 Å². The molecule has 3 heterocycles. The first-order valence-corrected chi connectivity index (χ1v) is 13.4. The standard InChI is InChI=1S/C27H36N4O3S/c1-5-22-24(26(33)34-4)25(21-10-9-18(2)15-19(21)3)31-20(17-35-27(31)29-22)16-23(32)28-11-14-30-12-7-6-8-13-30/h9-10,15,17,25H,5-8,11-14,16H2,1-4H3,(H,28,32)/t25-/m0/s1. The number of amides is 1. The number of rotatable bonds is 8. The van der Waals surface area contributed by atoms with Gasteiger partial charge >= 0.3 is 5.97 Å². The van der Waals surface area contributed by atoms with Crippen LogP contribution in [-0.2, 0) is 14.3 Å². The normalized spacial score (nSPS) is 20.3. The number of methoxy groups -OCH3 is 1. The Bertz CT molecular complexity index is 1070. The van der Waals surface area contributed by atoms with Crippen LogP contribution < -0.4 is 5.32 Å². The molecular formula is C27H36N4O3S. The number of amidine groups is 1. The molecule has 0 bridgehead atoms. The second-order valence-electron chi connectivity index (χ2n) is 9.39. The van der Waals surface area contributed by atoms with Crippen LogP contribution in [0.15, 0.2) is 45.6 Å². The molecule has 1 saturated heterocycles. The SMILES string of the molecule is CCC1=C(C(=O)OC)[C@H](c2ccc(C)cc2C)N2C(CC(=O)NCCN3CCCCC3)=CSC2=N1. The van der Waals surface area contributed by atoms with Gasteiger partial charge in [0.15, 0.2) is 5.17 Å². The maximum Gasteiger partial charge on any atom is 0.338 e. The molecule has 0 radical (unpaired) electrons. The highest BCUT2D eigenvalue weighted by atomic mass is 32.2. The number of hydrogen-bond donors (Lipinski definition) is 1. The van der Waals surface area contributed by atoms with Gasteiger partial charge in [-0.1, -0.05) is 48.9 Å². The van der Waals surface area contributed by atoms with Crippen LogP contribution in [0.3, 0.4) is 0 Å². The van der Waals surface area contributed by atoms with E-state index in [1.807, 2.05) is 12.3 Å². The number of carbonyl (C=O) groups is 2. The van der Waals surface area contributed by atoms with Crippen LogP contribution in [-0.4, -0.2) is 60.1 Å². The topological polar surface area (TPSA) is 74.2 Å². The minimum absolute atomic E-state index is 0.0145. The molecule has 3 aliphatic heterocycles. The lowest BCUT2D eigenvalue weighted by Crippen LogP contribution is -2.40. The van der Waals surface area contributed by atoms with Crippen molar-refractivity contribution in [2.24, 2.45) is 4.99 Å². The van der Waals surface area contributed by atoms with Gasteiger partial charge in [-0.3, -0.25) is 4.79 Å². The van der Waals surface area contributed by atoms with E-state index in [1.165, 1.54) is 38.1 Å². The summed E-state index contributed by atoms with van der Waals surface area (Å²) < 4.78 is 5.21. The summed E-state index contributed by atoms with van der Waals surface area (Å²) in [7, 11) is 1.41. The van der Waals surface area contributed by atoms with Gasteiger partial charge in [-0.2, -0.15) is 0 Å². The fourth-order valence-corrected chi connectivity index (χ4v) is 6.04. The summed E-state index contributed by atoms with van der Waals surface area (Å²) in [6, 6.07) is 5.89. The zero-order chi connectivity index (χ0) is 24.9. The number of fused-ring (bicyclic) bond motifs is 1. The molecule has 1 N–H and O–H groups in total. The van der Waals surface area contributed by atoms with E-state index >= 15 is 0 Å². The lowest BCUT2D eigenvalue weighted by molar-refractivity contribution is -0.136. The van der Waals surface area contributed by atoms with Crippen molar-refractivity contribution in [2.75, 3.05) is 33.3 Å². The molecule has 8 heteroatoms. The fraction of sp³-hybridized carbons (Fsp3) is 0.519. The smallest absolute Gasteiger partial charge is 0.338 e. The second-order valence-corrected chi connectivity index (χ2v) is 10.2. The molecule has 1 atom stereocenters. The molecule has 1 aromatic carbocycles. The first-order chi connectivity index (χ1) is 16.9. The number of thioether (sulfide) groups is 1. The summed E-state index contributed by atoms with van der Waals surface area (Å²) in [6.45, 7) is 9.89. The monoisotopic (exact) mass is 496 g/mol.